The van der Waals surface area contributed by atoms with E-state index in [-0.39, 0.29) is 37.0 Å². The lowest BCUT2D eigenvalue weighted by Gasteiger charge is -2.11. The fraction of sp³-hybridized carbons (Fsp3) is 0.250. The maximum absolute atomic E-state index is 11.7. The summed E-state index contributed by atoms with van der Waals surface area (Å²) in [5, 5.41) is 7.66. The van der Waals surface area contributed by atoms with Crippen molar-refractivity contribution in [1.82, 2.24) is 10.6 Å². The smallest absolute Gasteiger partial charge is 0.253 e. The summed E-state index contributed by atoms with van der Waals surface area (Å²) in [6.07, 6.45) is 0. The molecule has 0 spiro atoms. The van der Waals surface area contributed by atoms with Crippen molar-refractivity contribution in [3.05, 3.63) is 28.8 Å². The lowest BCUT2D eigenvalue weighted by Crippen LogP contribution is -2.36. The van der Waals surface area contributed by atoms with Crippen LogP contribution in [0.3, 0.4) is 0 Å². The van der Waals surface area contributed by atoms with Crippen LogP contribution in [0.2, 0.25) is 5.02 Å². The summed E-state index contributed by atoms with van der Waals surface area (Å²) in [4.78, 5) is 34.3. The molecule has 1 aromatic carbocycles. The summed E-state index contributed by atoms with van der Waals surface area (Å²) in [7, 11) is 1.47. The van der Waals surface area contributed by atoms with E-state index < -0.39 is 11.8 Å². The monoisotopic (exact) mass is 334 g/mol. The molecule has 0 radical (unpaired) electrons. The van der Waals surface area contributed by atoms with Crippen LogP contribution in [-0.4, -0.2) is 37.9 Å². The summed E-state index contributed by atoms with van der Waals surface area (Å²) in [5.74, 6) is -1.30. The molecule has 0 aliphatic rings. The molecule has 0 heterocycles. The van der Waals surface area contributed by atoms with Crippen molar-refractivity contribution in [1.29, 1.82) is 0 Å². The second-order valence-electron chi connectivity index (χ2n) is 3.80. The topological polar surface area (TPSA) is 113 Å². The van der Waals surface area contributed by atoms with Gasteiger partial charge in [0.05, 0.1) is 24.3 Å². The molecule has 0 aliphatic carbocycles. The average molecular weight is 335 g/mol. The maximum Gasteiger partial charge on any atom is 0.253 e. The average Bonchev–Trinajstić information content (AvgIpc) is 2.45. The van der Waals surface area contributed by atoms with E-state index in [4.69, 9.17) is 17.3 Å². The van der Waals surface area contributed by atoms with Crippen LogP contribution in [0.25, 0.3) is 0 Å². The molecular weight excluding hydrogens is 319 g/mol. The predicted molar refractivity (Wildman–Crippen MR) is 82.8 cm³/mol. The number of carbonyl (C=O) groups is 3. The van der Waals surface area contributed by atoms with Crippen molar-refractivity contribution in [2.75, 3.05) is 25.5 Å². The number of rotatable bonds is 5. The molecule has 0 unspecified atom stereocenters. The third-order valence-corrected chi connectivity index (χ3v) is 2.59. The Bertz CT molecular complexity index is 537. The molecule has 0 fully saturated rings. The third kappa shape index (κ3) is 5.99. The van der Waals surface area contributed by atoms with E-state index in [1.807, 2.05) is 0 Å². The summed E-state index contributed by atoms with van der Waals surface area (Å²) in [6, 6.07) is 4.49. The van der Waals surface area contributed by atoms with Crippen molar-refractivity contribution in [2.45, 2.75) is 0 Å². The molecule has 21 heavy (non-hydrogen) atoms. The first kappa shape index (κ1) is 19.2. The van der Waals surface area contributed by atoms with Crippen LogP contribution in [0, 0.1) is 0 Å². The number of hydrogen-bond donors (Lipinski definition) is 4. The Labute approximate surface area is 133 Å². The normalized spacial score (nSPS) is 9.29. The number of amides is 3. The summed E-state index contributed by atoms with van der Waals surface area (Å²) >= 11 is 5.81. The highest BCUT2D eigenvalue weighted by atomic mass is 35.5. The molecule has 0 saturated carbocycles. The number of anilines is 1. The fourth-order valence-corrected chi connectivity index (χ4v) is 1.57. The van der Waals surface area contributed by atoms with Crippen LogP contribution in [-0.2, 0) is 9.59 Å². The highest BCUT2D eigenvalue weighted by molar-refractivity contribution is 6.31. The number of benzene rings is 1. The summed E-state index contributed by atoms with van der Waals surface area (Å²) in [6.45, 7) is -0.427. The first-order valence-corrected chi connectivity index (χ1v) is 6.14. The van der Waals surface area contributed by atoms with Gasteiger partial charge < -0.3 is 21.7 Å². The highest BCUT2D eigenvalue weighted by Gasteiger charge is 2.13. The molecular formula is C12H16Cl2N4O3. The van der Waals surface area contributed by atoms with E-state index in [0.717, 1.165) is 0 Å². The minimum absolute atomic E-state index is 0. The molecule has 5 N–H and O–H groups in total. The maximum atomic E-state index is 11.7. The summed E-state index contributed by atoms with van der Waals surface area (Å²) in [5.41, 5.74) is 5.64. The second-order valence-corrected chi connectivity index (χ2v) is 4.23. The molecule has 7 nitrogen and oxygen atoms in total. The predicted octanol–water partition coefficient (Wildman–Crippen LogP) is 0.135. The van der Waals surface area contributed by atoms with Gasteiger partial charge in [-0.2, -0.15) is 0 Å². The molecule has 0 saturated heterocycles. The van der Waals surface area contributed by atoms with Crippen molar-refractivity contribution in [3.63, 3.8) is 0 Å². The number of nitrogens with two attached hydrogens (primary N) is 1. The molecule has 0 aromatic heterocycles. The van der Waals surface area contributed by atoms with E-state index >= 15 is 0 Å². The van der Waals surface area contributed by atoms with Crippen LogP contribution in [0.1, 0.15) is 10.4 Å². The van der Waals surface area contributed by atoms with Crippen molar-refractivity contribution in [3.8, 4) is 0 Å². The quantitative estimate of drug-likeness (QED) is 0.613. The fourth-order valence-electron chi connectivity index (χ4n) is 1.39. The zero-order valence-electron chi connectivity index (χ0n) is 11.2. The standard InChI is InChI=1S/C12H15ClN4O3.ClH/c1-15-12(20)8-4-7(13)2-3-9(8)17-11(19)6-16-10(18)5-14;/h2-4H,5-6,14H2,1H3,(H,15,20)(H,16,18)(H,17,19);1H. The van der Waals surface area contributed by atoms with Gasteiger partial charge in [0.1, 0.15) is 0 Å². The number of hydrogen-bond acceptors (Lipinski definition) is 4. The number of halogens is 2. The molecule has 0 atom stereocenters. The molecule has 116 valence electrons. The van der Waals surface area contributed by atoms with Crippen LogP contribution < -0.4 is 21.7 Å². The molecule has 3 amide bonds. The summed E-state index contributed by atoms with van der Waals surface area (Å²) < 4.78 is 0. The van der Waals surface area contributed by atoms with Crippen LogP contribution in [0.5, 0.6) is 0 Å². The van der Waals surface area contributed by atoms with Crippen molar-refractivity contribution >= 4 is 47.4 Å². The van der Waals surface area contributed by atoms with Gasteiger partial charge in [0.2, 0.25) is 11.8 Å². The van der Waals surface area contributed by atoms with E-state index in [1.165, 1.54) is 19.2 Å². The van der Waals surface area contributed by atoms with Gasteiger partial charge in [0, 0.05) is 12.1 Å². The van der Waals surface area contributed by atoms with Gasteiger partial charge >= 0.3 is 0 Å². The Morgan fingerprint density at radius 2 is 1.90 bits per heavy atom. The van der Waals surface area contributed by atoms with Gasteiger partial charge in [0.15, 0.2) is 0 Å². The second kappa shape index (κ2) is 9.17. The molecule has 0 bridgehead atoms. The first-order valence-electron chi connectivity index (χ1n) is 5.76. The van der Waals surface area contributed by atoms with E-state index in [0.29, 0.717) is 10.7 Å². The Morgan fingerprint density at radius 1 is 1.24 bits per heavy atom. The van der Waals surface area contributed by atoms with Gasteiger partial charge in [-0.15, -0.1) is 12.4 Å². The van der Waals surface area contributed by atoms with Gasteiger partial charge in [0.25, 0.3) is 5.91 Å². The van der Waals surface area contributed by atoms with Crippen LogP contribution in [0.4, 0.5) is 5.69 Å². The van der Waals surface area contributed by atoms with Gasteiger partial charge in [-0.05, 0) is 18.2 Å². The van der Waals surface area contributed by atoms with Crippen molar-refractivity contribution < 1.29 is 14.4 Å². The van der Waals surface area contributed by atoms with E-state index in [1.54, 1.807) is 6.07 Å². The van der Waals surface area contributed by atoms with Crippen LogP contribution in [0.15, 0.2) is 18.2 Å². The molecule has 9 heteroatoms. The van der Waals surface area contributed by atoms with Crippen molar-refractivity contribution in [2.24, 2.45) is 5.73 Å². The Balaban J connectivity index is 0.00000400. The largest absolute Gasteiger partial charge is 0.355 e. The first-order chi connectivity index (χ1) is 9.47. The minimum Gasteiger partial charge on any atom is -0.355 e. The lowest BCUT2D eigenvalue weighted by molar-refractivity contribution is -0.123. The molecule has 1 rings (SSSR count). The Kier molecular flexibility index (Phi) is 8.37. The zero-order chi connectivity index (χ0) is 15.1. The van der Waals surface area contributed by atoms with Gasteiger partial charge in [-0.1, -0.05) is 11.6 Å². The van der Waals surface area contributed by atoms with Crippen LogP contribution >= 0.6 is 24.0 Å². The van der Waals surface area contributed by atoms with E-state index in [2.05, 4.69) is 16.0 Å². The molecule has 0 aliphatic heterocycles. The Morgan fingerprint density at radius 3 is 2.48 bits per heavy atom. The number of carbonyl (C=O) groups excluding carboxylic acids is 3. The molecule has 1 aromatic rings. The SMILES string of the molecule is CNC(=O)c1cc(Cl)ccc1NC(=O)CNC(=O)CN.Cl. The van der Waals surface area contributed by atoms with E-state index in [9.17, 15) is 14.4 Å². The minimum atomic E-state index is -0.473. The van der Waals surface area contributed by atoms with Gasteiger partial charge in [-0.3, -0.25) is 14.4 Å². The highest BCUT2D eigenvalue weighted by Crippen LogP contribution is 2.20. The zero-order valence-corrected chi connectivity index (χ0v) is 12.8. The van der Waals surface area contributed by atoms with Gasteiger partial charge in [-0.25, -0.2) is 0 Å². The number of nitrogens with one attached hydrogen (secondary N) is 3. The third-order valence-electron chi connectivity index (χ3n) is 2.36. The Hall–Kier alpha value is -1.83. The lowest BCUT2D eigenvalue weighted by atomic mass is 10.1.